The van der Waals surface area contributed by atoms with Crippen LogP contribution < -0.4 is 10.2 Å². The van der Waals surface area contributed by atoms with Gasteiger partial charge in [0.15, 0.2) is 0 Å². The maximum Gasteiger partial charge on any atom is 0.251 e. The molecule has 0 aromatic heterocycles. The average molecular weight is 342 g/mol. The number of rotatable bonds is 5. The summed E-state index contributed by atoms with van der Waals surface area (Å²) in [5.41, 5.74) is 2.19. The second kappa shape index (κ2) is 7.44. The lowest BCUT2D eigenvalue weighted by atomic mass is 10.1. The minimum absolute atomic E-state index is 0.105. The highest BCUT2D eigenvalue weighted by Gasteiger charge is 2.21. The molecule has 0 atom stereocenters. The van der Waals surface area contributed by atoms with Gasteiger partial charge in [0.25, 0.3) is 5.91 Å². The molecular formula is C19H19FN2O3. The maximum absolute atomic E-state index is 13.4. The molecule has 130 valence electrons. The van der Waals surface area contributed by atoms with Gasteiger partial charge in [0.1, 0.15) is 5.82 Å². The predicted octanol–water partition coefficient (Wildman–Crippen LogP) is 2.37. The van der Waals surface area contributed by atoms with Crippen LogP contribution >= 0.6 is 0 Å². The number of aliphatic hydroxyl groups excluding tert-OH is 1. The molecule has 0 saturated carbocycles. The number of nitrogens with zero attached hydrogens (tertiary/aromatic N) is 1. The Morgan fingerprint density at radius 1 is 1.20 bits per heavy atom. The van der Waals surface area contributed by atoms with Crippen LogP contribution in [0.25, 0.3) is 0 Å². The van der Waals surface area contributed by atoms with E-state index in [2.05, 4.69) is 5.32 Å². The zero-order valence-corrected chi connectivity index (χ0v) is 13.7. The first kappa shape index (κ1) is 17.1. The van der Waals surface area contributed by atoms with Crippen LogP contribution in [0.1, 0.15) is 34.3 Å². The second-order valence-electron chi connectivity index (χ2n) is 5.96. The van der Waals surface area contributed by atoms with Crippen LogP contribution in [0, 0.1) is 5.82 Å². The Balaban J connectivity index is 1.62. The number of anilines is 1. The minimum Gasteiger partial charge on any atom is -0.392 e. The van der Waals surface area contributed by atoms with Gasteiger partial charge >= 0.3 is 0 Å². The molecule has 0 unspecified atom stereocenters. The summed E-state index contributed by atoms with van der Waals surface area (Å²) in [5.74, 6) is -0.619. The summed E-state index contributed by atoms with van der Waals surface area (Å²) in [6.07, 6.45) is 1.42. The molecule has 5 nitrogen and oxygen atoms in total. The van der Waals surface area contributed by atoms with Crippen LogP contribution in [-0.4, -0.2) is 23.5 Å². The highest BCUT2D eigenvalue weighted by molar-refractivity contribution is 5.97. The molecule has 0 aliphatic carbocycles. The monoisotopic (exact) mass is 342 g/mol. The summed E-state index contributed by atoms with van der Waals surface area (Å²) < 4.78 is 13.4. The quantitative estimate of drug-likeness (QED) is 0.876. The number of amides is 2. The number of carbonyl (C=O) groups excluding carboxylic acids is 2. The lowest BCUT2D eigenvalue weighted by molar-refractivity contribution is -0.117. The first-order valence-electron chi connectivity index (χ1n) is 8.15. The third-order valence-electron chi connectivity index (χ3n) is 4.25. The molecule has 2 aromatic carbocycles. The van der Waals surface area contributed by atoms with Crippen molar-refractivity contribution < 1.29 is 19.1 Å². The third-order valence-corrected chi connectivity index (χ3v) is 4.25. The fourth-order valence-corrected chi connectivity index (χ4v) is 2.86. The zero-order valence-electron chi connectivity index (χ0n) is 13.7. The van der Waals surface area contributed by atoms with Crippen LogP contribution in [0.3, 0.4) is 0 Å². The highest BCUT2D eigenvalue weighted by Crippen LogP contribution is 2.21. The largest absolute Gasteiger partial charge is 0.392 e. The van der Waals surface area contributed by atoms with Crippen LogP contribution in [0.5, 0.6) is 0 Å². The fourth-order valence-electron chi connectivity index (χ4n) is 2.86. The van der Waals surface area contributed by atoms with E-state index in [4.69, 9.17) is 5.11 Å². The lowest BCUT2D eigenvalue weighted by Gasteiger charge is -2.15. The van der Waals surface area contributed by atoms with Crippen LogP contribution in [0.15, 0.2) is 42.5 Å². The predicted molar refractivity (Wildman–Crippen MR) is 91.5 cm³/mol. The van der Waals surface area contributed by atoms with Gasteiger partial charge in [-0.1, -0.05) is 6.07 Å². The number of halogens is 1. The van der Waals surface area contributed by atoms with E-state index >= 15 is 0 Å². The van der Waals surface area contributed by atoms with Gasteiger partial charge in [-0.25, -0.2) is 4.39 Å². The van der Waals surface area contributed by atoms with Gasteiger partial charge in [-0.05, 0) is 48.4 Å². The van der Waals surface area contributed by atoms with Gasteiger partial charge in [0.05, 0.1) is 6.61 Å². The van der Waals surface area contributed by atoms with Crippen LogP contribution in [0.2, 0.25) is 0 Å². The summed E-state index contributed by atoms with van der Waals surface area (Å²) in [6.45, 7) is 0.560. The molecule has 0 bridgehead atoms. The molecule has 1 aliphatic heterocycles. The van der Waals surface area contributed by atoms with E-state index in [1.54, 1.807) is 35.2 Å². The summed E-state index contributed by atoms with van der Waals surface area (Å²) in [5, 5.41) is 11.8. The van der Waals surface area contributed by atoms with E-state index in [-0.39, 0.29) is 30.5 Å². The Morgan fingerprint density at radius 2 is 1.96 bits per heavy atom. The summed E-state index contributed by atoms with van der Waals surface area (Å²) >= 11 is 0. The average Bonchev–Trinajstić information content (AvgIpc) is 3.07. The molecule has 1 saturated heterocycles. The SMILES string of the molecule is O=C(NCc1ccc(F)c(CO)c1)c1ccc(N2CCCC2=O)cc1. The van der Waals surface area contributed by atoms with Gasteiger partial charge in [-0.3, -0.25) is 9.59 Å². The standard InChI is InChI=1S/C19H19FN2O3/c20-17-8-3-13(10-15(17)12-23)11-21-19(25)14-4-6-16(7-5-14)22-9-1-2-18(22)24/h3-8,10,23H,1-2,9,11-12H2,(H,21,25). The van der Waals surface area contributed by atoms with Crippen LogP contribution in [-0.2, 0) is 17.9 Å². The van der Waals surface area contributed by atoms with E-state index in [9.17, 15) is 14.0 Å². The normalized spacial score (nSPS) is 14.0. The Bertz CT molecular complexity index is 790. The smallest absolute Gasteiger partial charge is 0.251 e. The third kappa shape index (κ3) is 3.85. The van der Waals surface area contributed by atoms with E-state index in [0.717, 1.165) is 12.1 Å². The van der Waals surface area contributed by atoms with E-state index in [1.165, 1.54) is 12.1 Å². The van der Waals surface area contributed by atoms with Crippen molar-refractivity contribution >= 4 is 17.5 Å². The molecule has 2 aromatic rings. The molecular weight excluding hydrogens is 323 g/mol. The minimum atomic E-state index is -0.468. The molecule has 2 amide bonds. The molecule has 1 aliphatic rings. The molecule has 3 rings (SSSR count). The van der Waals surface area contributed by atoms with Crippen molar-refractivity contribution in [3.8, 4) is 0 Å². The summed E-state index contributed by atoms with van der Waals surface area (Å²) in [7, 11) is 0. The summed E-state index contributed by atoms with van der Waals surface area (Å²) in [6, 6.07) is 11.3. The van der Waals surface area contributed by atoms with E-state index in [1.807, 2.05) is 0 Å². The second-order valence-corrected chi connectivity index (χ2v) is 5.96. The van der Waals surface area contributed by atoms with Crippen molar-refractivity contribution in [3.05, 3.63) is 65.0 Å². The molecule has 1 fully saturated rings. The first-order chi connectivity index (χ1) is 12.1. The van der Waals surface area contributed by atoms with E-state index < -0.39 is 5.82 Å². The number of aliphatic hydroxyl groups is 1. The first-order valence-corrected chi connectivity index (χ1v) is 8.15. The molecule has 0 spiro atoms. The number of benzene rings is 2. The van der Waals surface area contributed by atoms with E-state index in [0.29, 0.717) is 24.1 Å². The Labute approximate surface area is 145 Å². The number of nitrogens with one attached hydrogen (secondary N) is 1. The van der Waals surface area contributed by atoms with Crippen molar-refractivity contribution in [2.45, 2.75) is 26.0 Å². The molecule has 2 N–H and O–H groups in total. The van der Waals surface area contributed by atoms with Gasteiger partial charge in [0, 0.05) is 36.3 Å². The van der Waals surface area contributed by atoms with Gasteiger partial charge in [-0.2, -0.15) is 0 Å². The highest BCUT2D eigenvalue weighted by atomic mass is 19.1. The zero-order chi connectivity index (χ0) is 17.8. The maximum atomic E-state index is 13.4. The molecule has 1 heterocycles. The molecule has 0 radical (unpaired) electrons. The van der Waals surface area contributed by atoms with Crippen molar-refractivity contribution in [1.29, 1.82) is 0 Å². The number of hydrogen-bond acceptors (Lipinski definition) is 3. The number of hydrogen-bond donors (Lipinski definition) is 2. The van der Waals surface area contributed by atoms with Crippen molar-refractivity contribution in [2.24, 2.45) is 0 Å². The Kier molecular flexibility index (Phi) is 5.09. The van der Waals surface area contributed by atoms with Crippen molar-refractivity contribution in [1.82, 2.24) is 5.32 Å². The lowest BCUT2D eigenvalue weighted by Crippen LogP contribution is -2.25. The van der Waals surface area contributed by atoms with Gasteiger partial charge < -0.3 is 15.3 Å². The topological polar surface area (TPSA) is 69.6 Å². The molecule has 25 heavy (non-hydrogen) atoms. The summed E-state index contributed by atoms with van der Waals surface area (Å²) in [4.78, 5) is 25.7. The fraction of sp³-hybridized carbons (Fsp3) is 0.263. The van der Waals surface area contributed by atoms with Crippen LogP contribution in [0.4, 0.5) is 10.1 Å². The van der Waals surface area contributed by atoms with Gasteiger partial charge in [0.2, 0.25) is 5.91 Å². The number of carbonyl (C=O) groups is 2. The van der Waals surface area contributed by atoms with Crippen molar-refractivity contribution in [2.75, 3.05) is 11.4 Å². The van der Waals surface area contributed by atoms with Gasteiger partial charge in [-0.15, -0.1) is 0 Å². The Hall–Kier alpha value is -2.73. The van der Waals surface area contributed by atoms with Crippen molar-refractivity contribution in [3.63, 3.8) is 0 Å². The molecule has 6 heteroatoms. The Morgan fingerprint density at radius 3 is 2.60 bits per heavy atom.